The average Bonchev–Trinajstić information content (AvgIpc) is 2.08. The summed E-state index contributed by atoms with van der Waals surface area (Å²) in [5.41, 5.74) is 0. The summed E-state index contributed by atoms with van der Waals surface area (Å²) >= 11 is -2.53. The van der Waals surface area contributed by atoms with E-state index in [9.17, 15) is 13.6 Å². The number of carbonyl (C=O) groups is 1. The maximum atomic E-state index is 10.8. The van der Waals surface area contributed by atoms with E-state index >= 15 is 0 Å². The van der Waals surface area contributed by atoms with Crippen LogP contribution in [0.15, 0.2) is 0 Å². The van der Waals surface area contributed by atoms with Crippen LogP contribution in [0.1, 0.15) is 26.2 Å². The molecule has 0 N–H and O–H groups in total. The first kappa shape index (κ1) is 12.5. The lowest BCUT2D eigenvalue weighted by molar-refractivity contribution is -0.144. The average molecular weight is 209 g/mol. The van der Waals surface area contributed by atoms with E-state index in [-0.39, 0.29) is 19.2 Å². The topological polar surface area (TPSA) is 75.7 Å². The maximum Gasteiger partial charge on any atom is 0.305 e. The lowest BCUT2D eigenvalue weighted by Crippen LogP contribution is -2.11. The number of hydrogen-bond donors (Lipinski definition) is 0. The summed E-state index contributed by atoms with van der Waals surface area (Å²) in [6.07, 6.45) is 2.08. The highest BCUT2D eigenvalue weighted by atomic mass is 32.2. The van der Waals surface area contributed by atoms with Gasteiger partial charge in [-0.15, -0.1) is 0 Å². The fraction of sp³-hybridized carbons (Fsp3) is 0.857. The van der Waals surface area contributed by atoms with Gasteiger partial charge in [0.15, 0.2) is 0 Å². The van der Waals surface area contributed by atoms with Gasteiger partial charge in [0, 0.05) is 6.42 Å². The summed E-state index contributed by atoms with van der Waals surface area (Å²) in [7, 11) is 0. The number of ether oxygens (including phenoxy) is 1. The van der Waals surface area contributed by atoms with E-state index in [4.69, 9.17) is 0 Å². The Labute approximate surface area is 79.9 Å². The van der Waals surface area contributed by atoms with Gasteiger partial charge >= 0.3 is 5.97 Å². The van der Waals surface area contributed by atoms with Crippen molar-refractivity contribution in [2.45, 2.75) is 26.2 Å². The Kier molecular flexibility index (Phi) is 7.86. The molecule has 0 radical (unpaired) electrons. The minimum absolute atomic E-state index is 0.0173. The van der Waals surface area contributed by atoms with Crippen molar-refractivity contribution in [1.82, 2.24) is 0 Å². The molecule has 0 spiro atoms. The van der Waals surface area contributed by atoms with Crippen LogP contribution < -0.4 is 0 Å². The predicted molar refractivity (Wildman–Crippen MR) is 45.4 cm³/mol. The first-order valence-corrected chi connectivity index (χ1v) is 5.05. The van der Waals surface area contributed by atoms with Gasteiger partial charge in [-0.25, -0.2) is 4.21 Å². The molecule has 0 saturated carbocycles. The van der Waals surface area contributed by atoms with Gasteiger partial charge in [-0.05, 0) is 6.42 Å². The van der Waals surface area contributed by atoms with Crippen molar-refractivity contribution in [2.75, 3.05) is 13.2 Å². The molecule has 1 atom stereocenters. The van der Waals surface area contributed by atoms with Gasteiger partial charge in [0.1, 0.15) is 6.61 Å². The molecule has 0 aliphatic heterocycles. The molecule has 0 rings (SSSR count). The monoisotopic (exact) mass is 209 g/mol. The van der Waals surface area contributed by atoms with E-state index in [2.05, 4.69) is 8.92 Å². The van der Waals surface area contributed by atoms with Gasteiger partial charge in [-0.3, -0.25) is 8.98 Å². The van der Waals surface area contributed by atoms with Crippen molar-refractivity contribution in [3.05, 3.63) is 0 Å². The molecule has 0 aromatic heterocycles. The summed E-state index contributed by atoms with van der Waals surface area (Å²) in [5, 5.41) is 0. The van der Waals surface area contributed by atoms with Gasteiger partial charge in [-0.2, -0.15) is 0 Å². The molecule has 0 saturated heterocycles. The maximum absolute atomic E-state index is 10.8. The molecule has 13 heavy (non-hydrogen) atoms. The number of esters is 1. The molecular formula is C7H13O5S-. The van der Waals surface area contributed by atoms with E-state index in [0.717, 1.165) is 12.8 Å². The van der Waals surface area contributed by atoms with Crippen molar-refractivity contribution in [1.29, 1.82) is 0 Å². The van der Waals surface area contributed by atoms with Gasteiger partial charge < -0.3 is 9.29 Å². The van der Waals surface area contributed by atoms with Crippen LogP contribution in [0, 0.1) is 0 Å². The second kappa shape index (κ2) is 8.15. The van der Waals surface area contributed by atoms with Crippen LogP contribution in [0.4, 0.5) is 0 Å². The molecule has 0 heterocycles. The highest BCUT2D eigenvalue weighted by Crippen LogP contribution is 1.96. The summed E-state index contributed by atoms with van der Waals surface area (Å²) in [5.74, 6) is -0.317. The Balaban J connectivity index is 3.22. The normalized spacial score (nSPS) is 12.5. The first-order valence-electron chi connectivity index (χ1n) is 4.05. The van der Waals surface area contributed by atoms with Crippen LogP contribution in [0.2, 0.25) is 0 Å². The van der Waals surface area contributed by atoms with Crippen LogP contribution in [0.3, 0.4) is 0 Å². The van der Waals surface area contributed by atoms with Crippen molar-refractivity contribution >= 4 is 17.3 Å². The van der Waals surface area contributed by atoms with Crippen LogP contribution in [0.5, 0.6) is 0 Å². The Morgan fingerprint density at radius 1 is 1.46 bits per heavy atom. The molecule has 78 valence electrons. The van der Waals surface area contributed by atoms with E-state index in [1.807, 2.05) is 6.92 Å². The summed E-state index contributed by atoms with van der Waals surface area (Å²) < 4.78 is 28.5. The van der Waals surface area contributed by atoms with E-state index in [0.29, 0.717) is 6.42 Å². The highest BCUT2D eigenvalue weighted by Gasteiger charge is 2.00. The number of carbonyl (C=O) groups excluding carboxylic acids is 1. The van der Waals surface area contributed by atoms with Gasteiger partial charge in [-0.1, -0.05) is 13.3 Å². The SMILES string of the molecule is CCCCC(=O)OCCOS(=O)[O-]. The largest absolute Gasteiger partial charge is 0.750 e. The summed E-state index contributed by atoms with van der Waals surface area (Å²) in [6, 6.07) is 0. The third-order valence-electron chi connectivity index (χ3n) is 1.26. The predicted octanol–water partition coefficient (Wildman–Crippen LogP) is 0.531. The standard InChI is InChI=1S/C7H14O5S/c1-2-3-4-7(8)11-5-6-12-13(9)10/h2-6H2,1H3,(H,9,10)/p-1. The van der Waals surface area contributed by atoms with E-state index in [1.165, 1.54) is 0 Å². The van der Waals surface area contributed by atoms with Gasteiger partial charge in [0.2, 0.25) is 0 Å². The molecule has 0 aromatic carbocycles. The van der Waals surface area contributed by atoms with E-state index < -0.39 is 11.4 Å². The number of hydrogen-bond acceptors (Lipinski definition) is 5. The van der Waals surface area contributed by atoms with Gasteiger partial charge in [0.25, 0.3) is 0 Å². The molecule has 1 unspecified atom stereocenters. The zero-order valence-corrected chi connectivity index (χ0v) is 8.30. The van der Waals surface area contributed by atoms with Crippen LogP contribution in [-0.4, -0.2) is 27.9 Å². The van der Waals surface area contributed by atoms with Crippen LogP contribution >= 0.6 is 0 Å². The summed E-state index contributed by atoms with van der Waals surface area (Å²) in [4.78, 5) is 10.8. The molecule has 0 bridgehead atoms. The fourth-order valence-corrected chi connectivity index (χ4v) is 0.855. The van der Waals surface area contributed by atoms with Crippen LogP contribution in [-0.2, 0) is 25.1 Å². The zero-order valence-electron chi connectivity index (χ0n) is 7.49. The Morgan fingerprint density at radius 3 is 2.69 bits per heavy atom. The molecule has 0 amide bonds. The minimum Gasteiger partial charge on any atom is -0.750 e. The minimum atomic E-state index is -2.53. The molecule has 0 aliphatic rings. The summed E-state index contributed by atoms with van der Waals surface area (Å²) in [6.45, 7) is 1.83. The lowest BCUT2D eigenvalue weighted by atomic mass is 10.2. The molecule has 5 nitrogen and oxygen atoms in total. The number of rotatable bonds is 7. The molecular weight excluding hydrogens is 196 g/mol. The van der Waals surface area contributed by atoms with Crippen molar-refractivity contribution in [2.24, 2.45) is 0 Å². The molecule has 0 aliphatic carbocycles. The highest BCUT2D eigenvalue weighted by molar-refractivity contribution is 7.74. The van der Waals surface area contributed by atoms with Crippen molar-refractivity contribution in [3.63, 3.8) is 0 Å². The van der Waals surface area contributed by atoms with Crippen molar-refractivity contribution < 1.29 is 22.5 Å². The third kappa shape index (κ3) is 9.45. The molecule has 0 fully saturated rings. The molecule has 6 heteroatoms. The smallest absolute Gasteiger partial charge is 0.305 e. The lowest BCUT2D eigenvalue weighted by Gasteiger charge is -2.06. The second-order valence-corrected chi connectivity index (χ2v) is 2.99. The molecule has 0 aromatic rings. The number of unbranched alkanes of at least 4 members (excludes halogenated alkanes) is 1. The fourth-order valence-electron chi connectivity index (χ4n) is 0.651. The van der Waals surface area contributed by atoms with E-state index in [1.54, 1.807) is 0 Å². The Morgan fingerprint density at radius 2 is 2.15 bits per heavy atom. The Bertz CT molecular complexity index is 170. The third-order valence-corrected chi connectivity index (χ3v) is 1.62. The second-order valence-electron chi connectivity index (χ2n) is 2.35. The van der Waals surface area contributed by atoms with Crippen LogP contribution in [0.25, 0.3) is 0 Å². The Hall–Kier alpha value is -0.460. The quantitative estimate of drug-likeness (QED) is 0.347. The zero-order chi connectivity index (χ0) is 10.1. The first-order chi connectivity index (χ1) is 6.16. The van der Waals surface area contributed by atoms with Crippen molar-refractivity contribution in [3.8, 4) is 0 Å². The van der Waals surface area contributed by atoms with Gasteiger partial charge in [0.05, 0.1) is 18.0 Å².